The van der Waals surface area contributed by atoms with Crippen molar-refractivity contribution in [3.05, 3.63) is 0 Å². The van der Waals surface area contributed by atoms with Gasteiger partial charge in [0.05, 0.1) is 67.5 Å². The van der Waals surface area contributed by atoms with Crippen molar-refractivity contribution in [1.29, 1.82) is 0 Å². The van der Waals surface area contributed by atoms with E-state index in [2.05, 4.69) is 5.32 Å². The van der Waals surface area contributed by atoms with E-state index in [0.717, 1.165) is 0 Å². The molecule has 4 heterocycles. The van der Waals surface area contributed by atoms with Crippen molar-refractivity contribution in [3.63, 3.8) is 0 Å². The highest BCUT2D eigenvalue weighted by Gasteiger charge is 2.55. The van der Waals surface area contributed by atoms with Crippen LogP contribution in [0.1, 0.15) is 94.9 Å². The van der Waals surface area contributed by atoms with Crippen molar-refractivity contribution in [2.24, 2.45) is 23.7 Å². The van der Waals surface area contributed by atoms with Crippen molar-refractivity contribution in [2.45, 2.75) is 191 Å². The predicted molar refractivity (Wildman–Crippen MR) is 214 cm³/mol. The van der Waals surface area contributed by atoms with Crippen molar-refractivity contribution < 1.29 is 67.9 Å². The molecular weight excluding hydrogens is 756 g/mol. The number of hydrogen-bond acceptors (Lipinski definition) is 16. The van der Waals surface area contributed by atoms with Crippen LogP contribution in [-0.2, 0) is 47.4 Å². The van der Waals surface area contributed by atoms with Crippen molar-refractivity contribution in [3.8, 4) is 0 Å². The standard InChI is InChI=1S/C42H78N2O14/c1-15-29-42(10,49)37-24(4)32(43-30(56-37)21-52-17-16-50-13)22(2)19-40(8,48)36(58-39-33(45)28(44(11)12)18-23(3)53-39)25(5)34(26(6)38(47)55-29)57-31-20-41(9,51-14)35(46)27(7)54-31/h22-37,39,43,45-46,48-49H,15-21H2,1-14H3/t22-,23-,24+,25-,26+,27-,28+,29-,30-,31+,32-,33-,34+,35+,36-,37-,39-,40+,41-,42+/m0/s1. The maximum absolute atomic E-state index is 14.5. The second kappa shape index (κ2) is 20.4. The van der Waals surface area contributed by atoms with E-state index in [9.17, 15) is 25.2 Å². The Balaban J connectivity index is 1.83. The van der Waals surface area contributed by atoms with Gasteiger partial charge in [-0.15, -0.1) is 0 Å². The van der Waals surface area contributed by atoms with Gasteiger partial charge < -0.3 is 68.0 Å². The van der Waals surface area contributed by atoms with Gasteiger partial charge in [-0.2, -0.15) is 0 Å². The van der Waals surface area contributed by atoms with Crippen LogP contribution in [0.25, 0.3) is 0 Å². The molecule has 58 heavy (non-hydrogen) atoms. The maximum Gasteiger partial charge on any atom is 0.311 e. The second-order valence-corrected chi connectivity index (χ2v) is 18.6. The number of likely N-dealkylation sites (N-methyl/N-ethyl adjacent to an activating group) is 1. The summed E-state index contributed by atoms with van der Waals surface area (Å²) in [6.07, 6.45) is -8.29. The van der Waals surface area contributed by atoms with Crippen LogP contribution >= 0.6 is 0 Å². The van der Waals surface area contributed by atoms with Gasteiger partial charge >= 0.3 is 5.97 Å². The minimum Gasteiger partial charge on any atom is -0.459 e. The Bertz CT molecular complexity index is 1290. The zero-order valence-electron chi connectivity index (χ0n) is 37.6. The van der Waals surface area contributed by atoms with Gasteiger partial charge in [0.25, 0.3) is 0 Å². The number of ether oxygens (including phenoxy) is 9. The molecule has 4 saturated heterocycles. The highest BCUT2D eigenvalue weighted by molar-refractivity contribution is 5.73. The normalized spacial score (nSPS) is 48.7. The van der Waals surface area contributed by atoms with Crippen LogP contribution in [0.2, 0.25) is 0 Å². The second-order valence-electron chi connectivity index (χ2n) is 18.6. The molecule has 16 heteroatoms. The minimum atomic E-state index is -1.64. The van der Waals surface area contributed by atoms with Crippen LogP contribution in [0.5, 0.6) is 0 Å². The molecule has 0 aliphatic carbocycles. The van der Waals surface area contributed by atoms with Gasteiger partial charge in [0.2, 0.25) is 0 Å². The molecule has 0 radical (unpaired) electrons. The average Bonchev–Trinajstić information content (AvgIpc) is 3.15. The quantitative estimate of drug-likeness (QED) is 0.142. The maximum atomic E-state index is 14.5. The van der Waals surface area contributed by atoms with Gasteiger partial charge in [0.1, 0.15) is 30.1 Å². The third-order valence-corrected chi connectivity index (χ3v) is 13.5. The third-order valence-electron chi connectivity index (χ3n) is 13.5. The number of rotatable bonds is 12. The third kappa shape index (κ3) is 11.1. The summed E-state index contributed by atoms with van der Waals surface area (Å²) in [6.45, 7) is 19.1. The van der Waals surface area contributed by atoms with E-state index in [4.69, 9.17) is 42.6 Å². The molecule has 4 aliphatic heterocycles. The van der Waals surface area contributed by atoms with E-state index in [1.54, 1.807) is 41.7 Å². The monoisotopic (exact) mass is 835 g/mol. The SMILES string of the molecule is CC[C@@H]1OC(=O)[C@H](C)[C@H](O[C@@H]2C[C@](C)(OC)[C@H](O)[C@H](C)O2)[C@H](C)[C@H](O[C@@H]2O[C@@H](C)C[C@@H](N(C)C)[C@@H]2O)[C@](C)(O)C[C@H](C)[C@@H]2N[C@H](COCCOC)O[C@@H]([C@@H]2C)[C@]1(C)O. The number of nitrogens with one attached hydrogen (secondary N) is 1. The fourth-order valence-corrected chi connectivity index (χ4v) is 10.0. The fourth-order valence-electron chi connectivity index (χ4n) is 10.0. The molecule has 0 amide bonds. The molecule has 0 aromatic heterocycles. The number of hydrogen-bond donors (Lipinski definition) is 5. The van der Waals surface area contributed by atoms with Crippen LogP contribution in [-0.4, -0.2) is 176 Å². The molecule has 340 valence electrons. The molecule has 20 atom stereocenters. The first-order valence-electron chi connectivity index (χ1n) is 21.4. The summed E-state index contributed by atoms with van der Waals surface area (Å²) in [7, 11) is 6.90. The fraction of sp³-hybridized carbons (Fsp3) is 0.976. The van der Waals surface area contributed by atoms with E-state index in [0.29, 0.717) is 19.6 Å². The van der Waals surface area contributed by atoms with Crippen molar-refractivity contribution in [1.82, 2.24) is 10.2 Å². The lowest BCUT2D eigenvalue weighted by Crippen LogP contribution is -2.67. The van der Waals surface area contributed by atoms with E-state index in [1.807, 2.05) is 53.6 Å². The summed E-state index contributed by atoms with van der Waals surface area (Å²) in [6, 6.07) is -0.593. The Morgan fingerprint density at radius 3 is 2.19 bits per heavy atom. The van der Waals surface area contributed by atoms with Gasteiger partial charge in [-0.1, -0.05) is 27.7 Å². The number of methoxy groups -OCH3 is 2. The molecule has 0 aromatic carbocycles. The smallest absolute Gasteiger partial charge is 0.311 e. The number of aliphatic hydroxyl groups is 4. The lowest BCUT2D eigenvalue weighted by molar-refractivity contribution is -0.318. The van der Waals surface area contributed by atoms with Crippen LogP contribution in [0, 0.1) is 23.7 Å². The van der Waals surface area contributed by atoms with Crippen molar-refractivity contribution in [2.75, 3.05) is 48.1 Å². The highest BCUT2D eigenvalue weighted by atomic mass is 16.7. The van der Waals surface area contributed by atoms with Gasteiger partial charge in [0.15, 0.2) is 12.6 Å². The first kappa shape index (κ1) is 49.6. The molecule has 5 N–H and O–H groups in total. The number of carbonyl (C=O) groups excluding carboxylic acids is 1. The van der Waals surface area contributed by atoms with Gasteiger partial charge in [0, 0.05) is 44.6 Å². The summed E-state index contributed by atoms with van der Waals surface area (Å²) >= 11 is 0. The Morgan fingerprint density at radius 1 is 0.914 bits per heavy atom. The lowest BCUT2D eigenvalue weighted by Gasteiger charge is -2.52. The summed E-state index contributed by atoms with van der Waals surface area (Å²) < 4.78 is 55.7. The zero-order valence-corrected chi connectivity index (χ0v) is 37.6. The molecule has 0 spiro atoms. The Kier molecular flexibility index (Phi) is 17.4. The number of aliphatic hydroxyl groups excluding tert-OH is 2. The first-order valence-corrected chi connectivity index (χ1v) is 21.4. The predicted octanol–water partition coefficient (Wildman–Crippen LogP) is 2.20. The summed E-state index contributed by atoms with van der Waals surface area (Å²) in [5.41, 5.74) is -4.27. The first-order chi connectivity index (χ1) is 27.0. The number of fused-ring (bicyclic) bond motifs is 2. The number of nitrogens with zero attached hydrogens (tertiary/aromatic N) is 1. The van der Waals surface area contributed by atoms with Crippen molar-refractivity contribution >= 4 is 5.97 Å². The highest BCUT2D eigenvalue weighted by Crippen LogP contribution is 2.43. The van der Waals surface area contributed by atoms with Gasteiger partial charge in [-0.25, -0.2) is 0 Å². The molecule has 4 fully saturated rings. The molecule has 0 saturated carbocycles. The van der Waals surface area contributed by atoms with Crippen LogP contribution in [0.4, 0.5) is 0 Å². The topological polar surface area (TPSA) is 196 Å². The van der Waals surface area contributed by atoms with E-state index in [-0.39, 0.29) is 55.9 Å². The van der Waals surface area contributed by atoms with Gasteiger partial charge in [-0.05, 0) is 80.8 Å². The van der Waals surface area contributed by atoms with E-state index in [1.165, 1.54) is 7.11 Å². The van der Waals surface area contributed by atoms with Crippen LogP contribution in [0.15, 0.2) is 0 Å². The Morgan fingerprint density at radius 2 is 1.59 bits per heavy atom. The average molecular weight is 835 g/mol. The van der Waals surface area contributed by atoms with E-state index < -0.39 is 96.1 Å². The number of cyclic esters (lactones) is 1. The largest absolute Gasteiger partial charge is 0.459 e. The Labute approximate surface area is 346 Å². The number of carbonyl (C=O) groups is 1. The molecule has 16 nitrogen and oxygen atoms in total. The number of esters is 1. The molecular formula is C42H78N2O14. The Hall–Kier alpha value is -1.09. The molecule has 0 aromatic rings. The lowest BCUT2D eigenvalue weighted by atomic mass is 9.71. The molecule has 2 bridgehead atoms. The zero-order chi connectivity index (χ0) is 43.5. The summed E-state index contributed by atoms with van der Waals surface area (Å²) in [5.74, 6) is -2.95. The van der Waals surface area contributed by atoms with Crippen LogP contribution in [0.3, 0.4) is 0 Å². The van der Waals surface area contributed by atoms with E-state index >= 15 is 0 Å². The van der Waals surface area contributed by atoms with Gasteiger partial charge in [-0.3, -0.25) is 10.1 Å². The summed E-state index contributed by atoms with van der Waals surface area (Å²) in [4.78, 5) is 16.4. The molecule has 4 rings (SSSR count). The van der Waals surface area contributed by atoms with Crippen LogP contribution < -0.4 is 5.32 Å². The molecule has 4 aliphatic rings. The minimum absolute atomic E-state index is 0.137. The molecule has 0 unspecified atom stereocenters. The summed E-state index contributed by atoms with van der Waals surface area (Å²) in [5, 5.41) is 51.5.